The quantitative estimate of drug-likeness (QED) is 0.644. The highest BCUT2D eigenvalue weighted by atomic mass is 19.1. The van der Waals surface area contributed by atoms with Crippen LogP contribution >= 0.6 is 0 Å². The summed E-state index contributed by atoms with van der Waals surface area (Å²) < 4.78 is 19.7. The smallest absolute Gasteiger partial charge is 0.306 e. The van der Waals surface area contributed by atoms with Gasteiger partial charge in [0.2, 0.25) is 0 Å². The van der Waals surface area contributed by atoms with Gasteiger partial charge in [-0.2, -0.15) is 0 Å². The van der Waals surface area contributed by atoms with Gasteiger partial charge in [0.15, 0.2) is 0 Å². The van der Waals surface area contributed by atoms with E-state index in [2.05, 4.69) is 32.9 Å². The minimum Gasteiger partial charge on any atom is -0.466 e. The number of benzene rings is 2. The summed E-state index contributed by atoms with van der Waals surface area (Å²) in [7, 11) is 0. The fraction of sp³-hybridized carbons (Fsp3) is 0.409. The van der Waals surface area contributed by atoms with Gasteiger partial charge in [-0.15, -0.1) is 0 Å². The molecule has 0 aliphatic heterocycles. The first kappa shape index (κ1) is 19.2. The Hall–Kier alpha value is -2.16. The zero-order valence-electron chi connectivity index (χ0n) is 16.0. The molecule has 0 radical (unpaired) electrons. The minimum atomic E-state index is -0.291. The average Bonchev–Trinajstić information content (AvgIpc) is 2.54. The summed E-state index contributed by atoms with van der Waals surface area (Å²) in [6.07, 6.45) is 0.180. The molecule has 0 bridgehead atoms. The van der Waals surface area contributed by atoms with Crippen molar-refractivity contribution < 1.29 is 13.9 Å². The van der Waals surface area contributed by atoms with Crippen molar-refractivity contribution in [3.63, 3.8) is 0 Å². The second kappa shape index (κ2) is 7.81. The van der Waals surface area contributed by atoms with Gasteiger partial charge in [-0.1, -0.05) is 19.1 Å². The summed E-state index contributed by atoms with van der Waals surface area (Å²) in [5, 5.41) is 0. The van der Waals surface area contributed by atoms with Crippen LogP contribution < -0.4 is 0 Å². The molecule has 3 heteroatoms. The highest BCUT2D eigenvalue weighted by Gasteiger charge is 2.19. The molecule has 0 N–H and O–H groups in total. The molecule has 0 saturated carbocycles. The molecular formula is C22H27FO2. The third kappa shape index (κ3) is 4.09. The van der Waals surface area contributed by atoms with Gasteiger partial charge in [-0.25, -0.2) is 4.39 Å². The summed E-state index contributed by atoms with van der Waals surface area (Å²) in [5.74, 6) is -0.757. The first-order valence-electron chi connectivity index (χ1n) is 8.79. The standard InChI is InChI=1S/C22H27FO2/c1-7-25-20(24)11-15(4)19-12-18(10-16(5)22(19)23)21-14(3)9-8-13(2)17(21)6/h8-10,12,15H,7,11H2,1-6H3/t15-/m0/s1. The predicted molar refractivity (Wildman–Crippen MR) is 100 cm³/mol. The molecule has 2 aromatic rings. The van der Waals surface area contributed by atoms with Crippen LogP contribution in [-0.2, 0) is 9.53 Å². The van der Waals surface area contributed by atoms with E-state index in [9.17, 15) is 9.18 Å². The summed E-state index contributed by atoms with van der Waals surface area (Å²) >= 11 is 0. The third-order valence-electron chi connectivity index (χ3n) is 4.82. The number of halogens is 1. The summed E-state index contributed by atoms with van der Waals surface area (Å²) in [5.41, 5.74) is 6.90. The van der Waals surface area contributed by atoms with Crippen LogP contribution in [0.5, 0.6) is 0 Å². The van der Waals surface area contributed by atoms with Crippen LogP contribution in [0.15, 0.2) is 24.3 Å². The van der Waals surface area contributed by atoms with E-state index in [1.807, 2.05) is 19.1 Å². The van der Waals surface area contributed by atoms with Crippen LogP contribution in [0.1, 0.15) is 54.0 Å². The normalized spacial score (nSPS) is 12.1. The molecule has 0 aromatic heterocycles. The molecule has 0 spiro atoms. The zero-order valence-corrected chi connectivity index (χ0v) is 16.0. The highest BCUT2D eigenvalue weighted by Crippen LogP contribution is 2.34. The van der Waals surface area contributed by atoms with E-state index in [-0.39, 0.29) is 24.1 Å². The van der Waals surface area contributed by atoms with E-state index < -0.39 is 0 Å². The molecule has 0 unspecified atom stereocenters. The summed E-state index contributed by atoms with van der Waals surface area (Å²) in [6, 6.07) is 7.98. The molecule has 2 aromatic carbocycles. The van der Waals surface area contributed by atoms with Gasteiger partial charge in [0.25, 0.3) is 0 Å². The molecule has 2 nitrogen and oxygen atoms in total. The van der Waals surface area contributed by atoms with Crippen LogP contribution in [0.2, 0.25) is 0 Å². The third-order valence-corrected chi connectivity index (χ3v) is 4.82. The van der Waals surface area contributed by atoms with Crippen LogP contribution in [0.25, 0.3) is 11.1 Å². The van der Waals surface area contributed by atoms with Crippen LogP contribution in [-0.4, -0.2) is 12.6 Å². The second-order valence-electron chi connectivity index (χ2n) is 6.81. The Bertz CT molecular complexity index is 793. The molecule has 0 saturated heterocycles. The van der Waals surface area contributed by atoms with Crippen molar-refractivity contribution in [1.29, 1.82) is 0 Å². The summed E-state index contributed by atoms with van der Waals surface area (Å²) in [6.45, 7) is 12.0. The molecule has 0 heterocycles. The SMILES string of the molecule is CCOC(=O)C[C@H](C)c1cc(-c2c(C)ccc(C)c2C)cc(C)c1F. The van der Waals surface area contributed by atoms with E-state index in [4.69, 9.17) is 4.74 Å². The Labute approximate surface area is 150 Å². The lowest BCUT2D eigenvalue weighted by molar-refractivity contribution is -0.143. The van der Waals surface area contributed by atoms with Crippen molar-refractivity contribution in [1.82, 2.24) is 0 Å². The number of ether oxygens (including phenoxy) is 1. The van der Waals surface area contributed by atoms with Crippen molar-refractivity contribution >= 4 is 5.97 Å². The van der Waals surface area contributed by atoms with Crippen molar-refractivity contribution in [2.45, 2.75) is 53.9 Å². The lowest BCUT2D eigenvalue weighted by atomic mass is 9.87. The highest BCUT2D eigenvalue weighted by molar-refractivity contribution is 5.74. The molecule has 0 fully saturated rings. The van der Waals surface area contributed by atoms with Gasteiger partial charge in [0, 0.05) is 0 Å². The van der Waals surface area contributed by atoms with Crippen molar-refractivity contribution in [2.24, 2.45) is 0 Å². The van der Waals surface area contributed by atoms with Gasteiger partial charge in [0.1, 0.15) is 5.82 Å². The maximum absolute atomic E-state index is 14.7. The van der Waals surface area contributed by atoms with E-state index in [0.717, 1.165) is 16.7 Å². The van der Waals surface area contributed by atoms with E-state index in [1.54, 1.807) is 13.8 Å². The molecular weight excluding hydrogens is 315 g/mol. The Morgan fingerprint density at radius 1 is 1.08 bits per heavy atom. The van der Waals surface area contributed by atoms with Crippen molar-refractivity contribution in [2.75, 3.05) is 6.61 Å². The van der Waals surface area contributed by atoms with E-state index in [1.165, 1.54) is 11.1 Å². The fourth-order valence-corrected chi connectivity index (χ4v) is 3.28. The van der Waals surface area contributed by atoms with Crippen LogP contribution in [0.4, 0.5) is 4.39 Å². The molecule has 0 aliphatic carbocycles. The molecule has 2 rings (SSSR count). The lowest BCUT2D eigenvalue weighted by Crippen LogP contribution is -2.10. The molecule has 1 atom stereocenters. The number of hydrogen-bond donors (Lipinski definition) is 0. The largest absolute Gasteiger partial charge is 0.466 e. The number of rotatable bonds is 5. The van der Waals surface area contributed by atoms with Gasteiger partial charge < -0.3 is 4.74 Å². The van der Waals surface area contributed by atoms with Gasteiger partial charge in [-0.3, -0.25) is 4.79 Å². The number of carbonyl (C=O) groups excluding carboxylic acids is 1. The van der Waals surface area contributed by atoms with Crippen LogP contribution in [0.3, 0.4) is 0 Å². The first-order valence-corrected chi connectivity index (χ1v) is 8.79. The van der Waals surface area contributed by atoms with Gasteiger partial charge in [0.05, 0.1) is 13.0 Å². The maximum Gasteiger partial charge on any atom is 0.306 e. The van der Waals surface area contributed by atoms with Gasteiger partial charge >= 0.3 is 5.97 Å². The van der Waals surface area contributed by atoms with Crippen molar-refractivity contribution in [3.05, 3.63) is 57.9 Å². The van der Waals surface area contributed by atoms with E-state index in [0.29, 0.717) is 17.7 Å². The van der Waals surface area contributed by atoms with Gasteiger partial charge in [-0.05, 0) is 91.6 Å². The zero-order chi connectivity index (χ0) is 18.7. The topological polar surface area (TPSA) is 26.3 Å². The Balaban J connectivity index is 2.52. The number of carbonyl (C=O) groups is 1. The number of aryl methyl sites for hydroxylation is 3. The fourth-order valence-electron chi connectivity index (χ4n) is 3.28. The molecule has 0 amide bonds. The number of esters is 1. The second-order valence-corrected chi connectivity index (χ2v) is 6.81. The molecule has 25 heavy (non-hydrogen) atoms. The summed E-state index contributed by atoms with van der Waals surface area (Å²) in [4.78, 5) is 11.8. The molecule has 0 aliphatic rings. The van der Waals surface area contributed by atoms with E-state index >= 15 is 0 Å². The minimum absolute atomic E-state index is 0.180. The Kier molecular flexibility index (Phi) is 5.99. The maximum atomic E-state index is 14.7. The lowest BCUT2D eigenvalue weighted by Gasteiger charge is -2.18. The monoisotopic (exact) mass is 342 g/mol. The Morgan fingerprint density at radius 3 is 2.36 bits per heavy atom. The Morgan fingerprint density at radius 2 is 1.72 bits per heavy atom. The average molecular weight is 342 g/mol. The number of hydrogen-bond acceptors (Lipinski definition) is 2. The first-order chi connectivity index (χ1) is 11.8. The predicted octanol–water partition coefficient (Wildman–Crippen LogP) is 5.78. The van der Waals surface area contributed by atoms with Crippen molar-refractivity contribution in [3.8, 4) is 11.1 Å². The molecule has 134 valence electrons. The van der Waals surface area contributed by atoms with Crippen LogP contribution in [0, 0.1) is 33.5 Å².